The molecule has 1 amide bonds. The fraction of sp³-hybridized carbons (Fsp3) is 0.875. The van der Waals surface area contributed by atoms with E-state index >= 15 is 0 Å². The van der Waals surface area contributed by atoms with E-state index in [1.807, 2.05) is 5.32 Å². The molecule has 1 aliphatic heterocycles. The van der Waals surface area contributed by atoms with Gasteiger partial charge in [-0.15, -0.1) is 0 Å². The smallest absolute Gasteiger partial charge is 0.344 e. The number of hydrogen-bond acceptors (Lipinski definition) is 2. The van der Waals surface area contributed by atoms with Gasteiger partial charge in [0, 0.05) is 24.5 Å². The van der Waals surface area contributed by atoms with E-state index in [0.717, 1.165) is 19.4 Å². The van der Waals surface area contributed by atoms with Gasteiger partial charge in [-0.3, -0.25) is 4.79 Å². The molecule has 6 heteroatoms. The lowest BCUT2D eigenvalue weighted by molar-refractivity contribution is -0.174. The van der Waals surface area contributed by atoms with Crippen molar-refractivity contribution >= 4 is 5.91 Å². The van der Waals surface area contributed by atoms with Crippen LogP contribution in [0.4, 0.5) is 13.2 Å². The summed E-state index contributed by atoms with van der Waals surface area (Å²) in [7, 11) is 0. The maximum atomic E-state index is 11.9. The molecule has 2 rings (SSSR count). The Balaban J connectivity index is 1.95. The van der Waals surface area contributed by atoms with Crippen molar-refractivity contribution in [1.82, 2.24) is 10.6 Å². The average Bonchev–Trinajstić information content (AvgIpc) is 2.71. The van der Waals surface area contributed by atoms with Crippen LogP contribution < -0.4 is 10.6 Å². The molecule has 2 aliphatic rings. The molecular weight excluding hydrogens is 197 g/mol. The van der Waals surface area contributed by atoms with Crippen molar-refractivity contribution < 1.29 is 18.0 Å². The van der Waals surface area contributed by atoms with Gasteiger partial charge in [0.2, 0.25) is 0 Å². The van der Waals surface area contributed by atoms with E-state index in [2.05, 4.69) is 5.32 Å². The first kappa shape index (κ1) is 9.76. The second-order valence-corrected chi connectivity index (χ2v) is 4.02. The lowest BCUT2D eigenvalue weighted by atomic mass is 10.0. The predicted molar refractivity (Wildman–Crippen MR) is 42.5 cm³/mol. The van der Waals surface area contributed by atoms with Gasteiger partial charge in [-0.2, -0.15) is 13.2 Å². The highest BCUT2D eigenvalue weighted by molar-refractivity contribution is 5.82. The molecule has 1 heterocycles. The van der Waals surface area contributed by atoms with Crippen LogP contribution in [0, 0.1) is 5.41 Å². The van der Waals surface area contributed by atoms with E-state index < -0.39 is 12.1 Å². The molecule has 14 heavy (non-hydrogen) atoms. The maximum absolute atomic E-state index is 11.9. The summed E-state index contributed by atoms with van der Waals surface area (Å²) in [5.74, 6) is -1.82. The van der Waals surface area contributed by atoms with Crippen LogP contribution in [0.15, 0.2) is 0 Å². The molecule has 1 unspecified atom stereocenters. The Hall–Kier alpha value is -0.780. The van der Waals surface area contributed by atoms with Crippen LogP contribution in [0.1, 0.15) is 12.8 Å². The van der Waals surface area contributed by atoms with E-state index in [4.69, 9.17) is 0 Å². The number of hydrogen-bond donors (Lipinski definition) is 2. The second kappa shape index (κ2) is 2.85. The van der Waals surface area contributed by atoms with Crippen LogP contribution in [-0.4, -0.2) is 31.2 Å². The zero-order valence-corrected chi connectivity index (χ0v) is 7.45. The molecule has 1 aliphatic carbocycles. The topological polar surface area (TPSA) is 41.1 Å². The molecule has 2 N–H and O–H groups in total. The summed E-state index contributed by atoms with van der Waals surface area (Å²) in [5.41, 5.74) is -0.0824. The molecule has 0 aromatic rings. The Labute approximate surface area is 79.0 Å². The number of carbonyl (C=O) groups excluding carboxylic acids is 1. The molecule has 1 atom stereocenters. The van der Waals surface area contributed by atoms with Crippen molar-refractivity contribution in [3.05, 3.63) is 0 Å². The summed E-state index contributed by atoms with van der Waals surface area (Å²) in [6.45, 7) is 1.16. The summed E-state index contributed by atoms with van der Waals surface area (Å²) in [6, 6.07) is -0.350. The molecule has 0 aromatic carbocycles. The number of halogens is 3. The third-order valence-corrected chi connectivity index (χ3v) is 3.02. The van der Waals surface area contributed by atoms with Gasteiger partial charge in [-0.05, 0) is 12.8 Å². The van der Waals surface area contributed by atoms with Crippen LogP contribution in [0.3, 0.4) is 0 Å². The Bertz CT molecular complexity index is 260. The van der Waals surface area contributed by atoms with E-state index in [0.29, 0.717) is 6.54 Å². The fourth-order valence-electron chi connectivity index (χ4n) is 1.94. The van der Waals surface area contributed by atoms with E-state index in [9.17, 15) is 18.0 Å². The minimum atomic E-state index is -4.77. The van der Waals surface area contributed by atoms with Crippen molar-refractivity contribution in [3.63, 3.8) is 0 Å². The van der Waals surface area contributed by atoms with Crippen molar-refractivity contribution in [2.75, 3.05) is 13.1 Å². The molecular formula is C8H11F3N2O. The molecule has 0 radical (unpaired) electrons. The Kier molecular flexibility index (Phi) is 1.99. The third-order valence-electron chi connectivity index (χ3n) is 3.02. The lowest BCUT2D eigenvalue weighted by Crippen LogP contribution is -2.47. The normalized spacial score (nSPS) is 29.2. The molecule has 1 spiro atoms. The van der Waals surface area contributed by atoms with E-state index in [-0.39, 0.29) is 11.5 Å². The zero-order chi connectivity index (χ0) is 10.4. The van der Waals surface area contributed by atoms with Gasteiger partial charge >= 0.3 is 12.1 Å². The first-order valence-corrected chi connectivity index (χ1v) is 4.52. The SMILES string of the molecule is O=C(NC1CNCC12CC2)C(F)(F)F. The minimum absolute atomic E-state index is 0.0824. The number of nitrogens with one attached hydrogen (secondary N) is 2. The van der Waals surface area contributed by atoms with Gasteiger partial charge in [0.15, 0.2) is 0 Å². The molecule has 80 valence electrons. The van der Waals surface area contributed by atoms with Crippen LogP contribution >= 0.6 is 0 Å². The van der Waals surface area contributed by atoms with Gasteiger partial charge < -0.3 is 10.6 Å². The van der Waals surface area contributed by atoms with Crippen LogP contribution in [0.25, 0.3) is 0 Å². The standard InChI is InChI=1S/C8H11F3N2O/c9-8(10,11)6(14)13-5-3-12-4-7(5)1-2-7/h5,12H,1-4H2,(H,13,14). The number of rotatable bonds is 1. The average molecular weight is 208 g/mol. The van der Waals surface area contributed by atoms with Crippen molar-refractivity contribution in [1.29, 1.82) is 0 Å². The highest BCUT2D eigenvalue weighted by Crippen LogP contribution is 2.50. The molecule has 2 fully saturated rings. The van der Waals surface area contributed by atoms with Gasteiger partial charge in [-0.25, -0.2) is 0 Å². The van der Waals surface area contributed by atoms with Crippen LogP contribution in [0.5, 0.6) is 0 Å². The quantitative estimate of drug-likeness (QED) is 0.655. The van der Waals surface area contributed by atoms with Crippen molar-refractivity contribution in [3.8, 4) is 0 Å². The molecule has 0 bridgehead atoms. The lowest BCUT2D eigenvalue weighted by Gasteiger charge is -2.19. The largest absolute Gasteiger partial charge is 0.471 e. The Morgan fingerprint density at radius 2 is 2.07 bits per heavy atom. The molecule has 0 aromatic heterocycles. The minimum Gasteiger partial charge on any atom is -0.344 e. The first-order valence-electron chi connectivity index (χ1n) is 4.52. The van der Waals surface area contributed by atoms with Crippen LogP contribution in [-0.2, 0) is 4.79 Å². The monoisotopic (exact) mass is 208 g/mol. The van der Waals surface area contributed by atoms with E-state index in [1.165, 1.54) is 0 Å². The number of alkyl halides is 3. The Morgan fingerprint density at radius 3 is 2.57 bits per heavy atom. The number of amides is 1. The zero-order valence-electron chi connectivity index (χ0n) is 7.45. The second-order valence-electron chi connectivity index (χ2n) is 4.02. The van der Waals surface area contributed by atoms with Gasteiger partial charge in [0.1, 0.15) is 0 Å². The molecule has 3 nitrogen and oxygen atoms in total. The fourth-order valence-corrected chi connectivity index (χ4v) is 1.94. The highest BCUT2D eigenvalue weighted by Gasteiger charge is 2.54. The summed E-state index contributed by atoms with van der Waals surface area (Å²) in [5, 5.41) is 5.04. The van der Waals surface area contributed by atoms with Crippen molar-refractivity contribution in [2.45, 2.75) is 25.1 Å². The van der Waals surface area contributed by atoms with Gasteiger partial charge in [0.05, 0.1) is 0 Å². The molecule has 1 saturated carbocycles. The van der Waals surface area contributed by atoms with Gasteiger partial charge in [-0.1, -0.05) is 0 Å². The Morgan fingerprint density at radius 1 is 1.43 bits per heavy atom. The van der Waals surface area contributed by atoms with Crippen molar-refractivity contribution in [2.24, 2.45) is 5.41 Å². The number of carbonyl (C=O) groups is 1. The van der Waals surface area contributed by atoms with Gasteiger partial charge in [0.25, 0.3) is 0 Å². The first-order chi connectivity index (χ1) is 6.44. The summed E-state index contributed by atoms with van der Waals surface area (Å²) in [6.07, 6.45) is -2.95. The molecule has 1 saturated heterocycles. The summed E-state index contributed by atoms with van der Waals surface area (Å²) >= 11 is 0. The van der Waals surface area contributed by atoms with Crippen LogP contribution in [0.2, 0.25) is 0 Å². The summed E-state index contributed by atoms with van der Waals surface area (Å²) in [4.78, 5) is 10.7. The highest BCUT2D eigenvalue weighted by atomic mass is 19.4. The third kappa shape index (κ3) is 1.58. The van der Waals surface area contributed by atoms with E-state index in [1.54, 1.807) is 0 Å². The maximum Gasteiger partial charge on any atom is 0.471 e. The predicted octanol–water partition coefficient (Wildman–Crippen LogP) is 0.417. The summed E-state index contributed by atoms with van der Waals surface area (Å²) < 4.78 is 35.8.